The predicted octanol–water partition coefficient (Wildman–Crippen LogP) is 2.39. The van der Waals surface area contributed by atoms with Gasteiger partial charge in [0.2, 0.25) is 5.82 Å². The molecule has 1 aromatic rings. The number of aromatic nitrogens is 2. The number of nitrogens with one attached hydrogen (secondary N) is 1. The summed E-state index contributed by atoms with van der Waals surface area (Å²) >= 11 is 0. The number of ether oxygens (including phenoxy) is 2. The zero-order valence-corrected chi connectivity index (χ0v) is 12.3. The Labute approximate surface area is 117 Å². The van der Waals surface area contributed by atoms with Crippen LogP contribution in [0.3, 0.4) is 0 Å². The predicted molar refractivity (Wildman–Crippen MR) is 72.4 cm³/mol. The number of amides is 1. The van der Waals surface area contributed by atoms with Crippen molar-refractivity contribution >= 4 is 17.7 Å². The van der Waals surface area contributed by atoms with Crippen LogP contribution in [-0.4, -0.2) is 33.7 Å². The van der Waals surface area contributed by atoms with Crippen LogP contribution < -0.4 is 5.32 Å². The van der Waals surface area contributed by atoms with E-state index in [-0.39, 0.29) is 11.9 Å². The second kappa shape index (κ2) is 6.31. The molecular weight excluding hydrogens is 262 g/mol. The molecule has 0 aromatic carbocycles. The van der Waals surface area contributed by atoms with Gasteiger partial charge in [-0.1, -0.05) is 0 Å². The molecule has 1 heterocycles. The first kappa shape index (κ1) is 15.9. The van der Waals surface area contributed by atoms with E-state index in [0.717, 1.165) is 0 Å². The highest BCUT2D eigenvalue weighted by Crippen LogP contribution is 2.10. The van der Waals surface area contributed by atoms with Crippen LogP contribution in [0.15, 0.2) is 12.4 Å². The summed E-state index contributed by atoms with van der Waals surface area (Å²) in [5.41, 5.74) is -0.258. The highest BCUT2D eigenvalue weighted by Gasteiger charge is 2.17. The molecule has 0 fully saturated rings. The summed E-state index contributed by atoms with van der Waals surface area (Å²) in [5.74, 6) is -0.669. The van der Waals surface area contributed by atoms with Crippen LogP contribution in [0.4, 0.5) is 10.5 Å². The maximum absolute atomic E-state index is 11.5. The van der Waals surface area contributed by atoms with Gasteiger partial charge in [-0.2, -0.15) is 0 Å². The lowest BCUT2D eigenvalue weighted by Gasteiger charge is -2.19. The van der Waals surface area contributed by atoms with Gasteiger partial charge in [-0.05, 0) is 34.6 Å². The van der Waals surface area contributed by atoms with Crippen molar-refractivity contribution in [2.75, 3.05) is 5.32 Å². The van der Waals surface area contributed by atoms with Crippen LogP contribution in [0.25, 0.3) is 0 Å². The fourth-order valence-electron chi connectivity index (χ4n) is 1.19. The third-order valence-electron chi connectivity index (χ3n) is 1.82. The van der Waals surface area contributed by atoms with Gasteiger partial charge in [0.05, 0.1) is 24.2 Å². The highest BCUT2D eigenvalue weighted by atomic mass is 16.6. The second-order valence-electron chi connectivity index (χ2n) is 5.38. The minimum absolute atomic E-state index is 0.0616. The number of esters is 1. The summed E-state index contributed by atoms with van der Waals surface area (Å²) in [4.78, 5) is 30.7. The summed E-state index contributed by atoms with van der Waals surface area (Å²) < 4.78 is 10.0. The number of rotatable bonds is 3. The van der Waals surface area contributed by atoms with E-state index < -0.39 is 17.7 Å². The molecule has 20 heavy (non-hydrogen) atoms. The molecule has 0 bridgehead atoms. The maximum atomic E-state index is 11.5. The summed E-state index contributed by atoms with van der Waals surface area (Å²) in [5, 5.41) is 2.47. The van der Waals surface area contributed by atoms with Gasteiger partial charge >= 0.3 is 12.1 Å². The van der Waals surface area contributed by atoms with E-state index in [4.69, 9.17) is 9.47 Å². The fraction of sp³-hybridized carbons (Fsp3) is 0.538. The van der Waals surface area contributed by atoms with Gasteiger partial charge in [-0.25, -0.2) is 19.6 Å². The topological polar surface area (TPSA) is 90.4 Å². The highest BCUT2D eigenvalue weighted by molar-refractivity contribution is 5.87. The molecule has 1 amide bonds. The molecule has 1 N–H and O–H groups in total. The monoisotopic (exact) mass is 281 g/mol. The Kier molecular flexibility index (Phi) is 5.01. The average molecular weight is 281 g/mol. The third-order valence-corrected chi connectivity index (χ3v) is 1.82. The van der Waals surface area contributed by atoms with E-state index in [0.29, 0.717) is 5.69 Å². The molecule has 0 saturated heterocycles. The van der Waals surface area contributed by atoms with Crippen molar-refractivity contribution in [3.05, 3.63) is 18.2 Å². The van der Waals surface area contributed by atoms with E-state index in [9.17, 15) is 9.59 Å². The van der Waals surface area contributed by atoms with Crippen molar-refractivity contribution in [1.82, 2.24) is 9.97 Å². The fourth-order valence-corrected chi connectivity index (χ4v) is 1.19. The second-order valence-corrected chi connectivity index (χ2v) is 5.38. The van der Waals surface area contributed by atoms with Crippen LogP contribution in [0, 0.1) is 0 Å². The van der Waals surface area contributed by atoms with Gasteiger partial charge in [-0.15, -0.1) is 0 Å². The van der Waals surface area contributed by atoms with Gasteiger partial charge in [0.25, 0.3) is 0 Å². The van der Waals surface area contributed by atoms with E-state index in [1.807, 2.05) is 0 Å². The molecule has 0 saturated carbocycles. The first-order valence-corrected chi connectivity index (χ1v) is 6.20. The van der Waals surface area contributed by atoms with Crippen molar-refractivity contribution in [3.63, 3.8) is 0 Å². The van der Waals surface area contributed by atoms with Gasteiger partial charge in [-0.3, -0.25) is 5.32 Å². The largest absolute Gasteiger partial charge is 0.457 e. The SMILES string of the molecule is CC(C)OC(=O)c1ncc(NC(=O)OC(C)(C)C)cn1. The van der Waals surface area contributed by atoms with Gasteiger partial charge in [0.15, 0.2) is 0 Å². The molecule has 0 radical (unpaired) electrons. The lowest BCUT2D eigenvalue weighted by molar-refractivity contribution is 0.0363. The van der Waals surface area contributed by atoms with Crippen molar-refractivity contribution in [3.8, 4) is 0 Å². The van der Waals surface area contributed by atoms with Crippen LogP contribution in [-0.2, 0) is 9.47 Å². The number of hydrogen-bond donors (Lipinski definition) is 1. The Balaban J connectivity index is 2.63. The number of hydrogen-bond acceptors (Lipinski definition) is 6. The number of carbonyl (C=O) groups excluding carboxylic acids is 2. The van der Waals surface area contributed by atoms with E-state index in [1.165, 1.54) is 12.4 Å². The molecule has 7 heteroatoms. The first-order chi connectivity index (χ1) is 9.17. The number of anilines is 1. The molecule has 1 aromatic heterocycles. The van der Waals surface area contributed by atoms with Gasteiger partial charge in [0.1, 0.15) is 5.60 Å². The first-order valence-electron chi connectivity index (χ1n) is 6.20. The Bertz CT molecular complexity index is 477. The smallest absolute Gasteiger partial charge is 0.412 e. The maximum Gasteiger partial charge on any atom is 0.412 e. The van der Waals surface area contributed by atoms with Crippen LogP contribution >= 0.6 is 0 Å². The zero-order valence-electron chi connectivity index (χ0n) is 12.3. The molecule has 0 aliphatic rings. The normalized spacial score (nSPS) is 11.1. The number of nitrogens with zero attached hydrogens (tertiary/aromatic N) is 2. The van der Waals surface area contributed by atoms with Gasteiger partial charge in [0, 0.05) is 0 Å². The Morgan fingerprint density at radius 3 is 2.20 bits per heavy atom. The molecule has 0 spiro atoms. The van der Waals surface area contributed by atoms with Crippen molar-refractivity contribution in [2.24, 2.45) is 0 Å². The minimum atomic E-state index is -0.612. The molecule has 110 valence electrons. The Morgan fingerprint density at radius 1 is 1.20 bits per heavy atom. The molecule has 1 rings (SSSR count). The summed E-state index contributed by atoms with van der Waals surface area (Å²) in [6, 6.07) is 0. The molecular formula is C13H19N3O4. The van der Waals surface area contributed by atoms with E-state index in [1.54, 1.807) is 34.6 Å². The summed E-state index contributed by atoms with van der Waals surface area (Å²) in [6.45, 7) is 8.74. The molecule has 0 atom stereocenters. The number of carbonyl (C=O) groups is 2. The molecule has 0 unspecified atom stereocenters. The quantitative estimate of drug-likeness (QED) is 0.855. The van der Waals surface area contributed by atoms with Crippen LogP contribution in [0.5, 0.6) is 0 Å². The Hall–Kier alpha value is -2.18. The minimum Gasteiger partial charge on any atom is -0.457 e. The lowest BCUT2D eigenvalue weighted by atomic mass is 10.2. The van der Waals surface area contributed by atoms with Crippen molar-refractivity contribution in [2.45, 2.75) is 46.3 Å². The average Bonchev–Trinajstić information content (AvgIpc) is 2.26. The van der Waals surface area contributed by atoms with Crippen LogP contribution in [0.1, 0.15) is 45.2 Å². The summed E-state index contributed by atoms with van der Waals surface area (Å²) in [7, 11) is 0. The van der Waals surface area contributed by atoms with Crippen LogP contribution in [0.2, 0.25) is 0 Å². The lowest BCUT2D eigenvalue weighted by Crippen LogP contribution is -2.27. The van der Waals surface area contributed by atoms with E-state index in [2.05, 4.69) is 15.3 Å². The third kappa shape index (κ3) is 5.64. The van der Waals surface area contributed by atoms with Crippen molar-refractivity contribution < 1.29 is 19.1 Å². The molecule has 0 aliphatic carbocycles. The Morgan fingerprint density at radius 2 is 1.75 bits per heavy atom. The molecule has 0 aliphatic heterocycles. The van der Waals surface area contributed by atoms with Crippen molar-refractivity contribution in [1.29, 1.82) is 0 Å². The zero-order chi connectivity index (χ0) is 15.3. The summed E-state index contributed by atoms with van der Waals surface area (Å²) in [6.07, 6.45) is 1.77. The molecule has 7 nitrogen and oxygen atoms in total. The standard InChI is InChI=1S/C13H19N3O4/c1-8(2)19-11(17)10-14-6-9(7-15-10)16-12(18)20-13(3,4)5/h6-8H,1-5H3,(H,16,18). The van der Waals surface area contributed by atoms with E-state index >= 15 is 0 Å². The van der Waals surface area contributed by atoms with Gasteiger partial charge < -0.3 is 9.47 Å².